The van der Waals surface area contributed by atoms with Crippen molar-refractivity contribution in [1.82, 2.24) is 5.32 Å². The molecule has 4 nitrogen and oxygen atoms in total. The lowest BCUT2D eigenvalue weighted by Crippen LogP contribution is -2.38. The van der Waals surface area contributed by atoms with Gasteiger partial charge in [-0.15, -0.1) is 0 Å². The van der Waals surface area contributed by atoms with Crippen LogP contribution in [0.5, 0.6) is 0 Å². The van der Waals surface area contributed by atoms with Crippen LogP contribution in [0, 0.1) is 0 Å². The Morgan fingerprint density at radius 1 is 1.38 bits per heavy atom. The van der Waals surface area contributed by atoms with E-state index in [0.29, 0.717) is 0 Å². The van der Waals surface area contributed by atoms with Crippen LogP contribution < -0.4 is 5.32 Å². The number of halogens is 3. The Morgan fingerprint density at radius 2 is 1.85 bits per heavy atom. The number of hydrogen-bond donors (Lipinski definition) is 2. The highest BCUT2D eigenvalue weighted by Crippen LogP contribution is 2.14. The molecule has 13 heavy (non-hydrogen) atoms. The number of hydrogen-bond acceptors (Lipinski definition) is 2. The van der Waals surface area contributed by atoms with Gasteiger partial charge in [-0.1, -0.05) is 6.08 Å². The van der Waals surface area contributed by atoms with Crippen molar-refractivity contribution in [3.05, 3.63) is 11.8 Å². The Balaban J connectivity index is 4.46. The minimum Gasteiger partial charge on any atom is -0.477 e. The van der Waals surface area contributed by atoms with E-state index in [4.69, 9.17) is 5.11 Å². The van der Waals surface area contributed by atoms with E-state index >= 15 is 0 Å². The van der Waals surface area contributed by atoms with Crippen LogP contribution in [0.1, 0.15) is 6.92 Å². The van der Waals surface area contributed by atoms with Gasteiger partial charge in [0.2, 0.25) is 0 Å². The van der Waals surface area contributed by atoms with E-state index in [1.807, 2.05) is 0 Å². The number of amides is 1. The maximum Gasteiger partial charge on any atom is 0.471 e. The van der Waals surface area contributed by atoms with Crippen molar-refractivity contribution >= 4 is 11.9 Å². The maximum atomic E-state index is 11.6. The van der Waals surface area contributed by atoms with Gasteiger partial charge >= 0.3 is 18.1 Å². The molecule has 0 atom stereocenters. The van der Waals surface area contributed by atoms with Gasteiger partial charge in [0.05, 0.1) is 0 Å². The highest BCUT2D eigenvalue weighted by molar-refractivity contribution is 5.94. The van der Waals surface area contributed by atoms with Gasteiger partial charge in [-0.2, -0.15) is 13.2 Å². The number of carbonyl (C=O) groups is 2. The Morgan fingerprint density at radius 3 is 2.08 bits per heavy atom. The van der Waals surface area contributed by atoms with E-state index in [0.717, 1.165) is 6.08 Å². The molecule has 0 spiro atoms. The zero-order valence-electron chi connectivity index (χ0n) is 6.47. The van der Waals surface area contributed by atoms with Gasteiger partial charge in [0.1, 0.15) is 5.70 Å². The second-order valence-electron chi connectivity index (χ2n) is 1.96. The topological polar surface area (TPSA) is 66.4 Å². The van der Waals surface area contributed by atoms with Crippen molar-refractivity contribution in [3.63, 3.8) is 0 Å². The highest BCUT2D eigenvalue weighted by atomic mass is 19.4. The van der Waals surface area contributed by atoms with Crippen LogP contribution in [0.3, 0.4) is 0 Å². The Labute approximate surface area is 71.0 Å². The zero-order valence-corrected chi connectivity index (χ0v) is 6.47. The third kappa shape index (κ3) is 3.59. The molecule has 7 heteroatoms. The molecule has 0 fully saturated rings. The smallest absolute Gasteiger partial charge is 0.471 e. The van der Waals surface area contributed by atoms with Crippen molar-refractivity contribution in [2.24, 2.45) is 0 Å². The lowest BCUT2D eigenvalue weighted by Gasteiger charge is -2.07. The first-order valence-electron chi connectivity index (χ1n) is 3.06. The molecule has 74 valence electrons. The summed E-state index contributed by atoms with van der Waals surface area (Å²) in [6, 6.07) is 0. The van der Waals surface area contributed by atoms with Gasteiger partial charge in [0, 0.05) is 0 Å². The first kappa shape index (κ1) is 11.5. The first-order valence-corrected chi connectivity index (χ1v) is 3.06. The number of aliphatic carboxylic acids is 1. The predicted molar refractivity (Wildman–Crippen MR) is 35.6 cm³/mol. The normalized spacial score (nSPS) is 12.5. The van der Waals surface area contributed by atoms with E-state index in [-0.39, 0.29) is 0 Å². The van der Waals surface area contributed by atoms with Crippen LogP contribution >= 0.6 is 0 Å². The summed E-state index contributed by atoms with van der Waals surface area (Å²) in [6.45, 7) is 1.19. The third-order valence-corrected chi connectivity index (χ3v) is 1.02. The minimum atomic E-state index is -5.08. The quantitative estimate of drug-likeness (QED) is 0.639. The number of carboxylic acids is 1. The summed E-state index contributed by atoms with van der Waals surface area (Å²) in [6.07, 6.45) is -4.23. The molecule has 0 aliphatic carbocycles. The fraction of sp³-hybridized carbons (Fsp3) is 0.333. The zero-order chi connectivity index (χ0) is 10.6. The largest absolute Gasteiger partial charge is 0.477 e. The fourth-order valence-electron chi connectivity index (χ4n) is 0.442. The van der Waals surface area contributed by atoms with Gasteiger partial charge < -0.3 is 10.4 Å². The van der Waals surface area contributed by atoms with Gasteiger partial charge in [-0.05, 0) is 6.92 Å². The van der Waals surface area contributed by atoms with Crippen LogP contribution in [-0.4, -0.2) is 23.2 Å². The van der Waals surface area contributed by atoms with Crippen LogP contribution in [0.25, 0.3) is 0 Å². The van der Waals surface area contributed by atoms with Gasteiger partial charge in [0.15, 0.2) is 0 Å². The number of allylic oxidation sites excluding steroid dienone is 1. The molecule has 0 heterocycles. The summed E-state index contributed by atoms with van der Waals surface area (Å²) in [5.41, 5.74) is -0.803. The molecule has 0 saturated carbocycles. The first-order chi connectivity index (χ1) is 5.79. The molecular formula is C6H6F3NO3. The van der Waals surface area contributed by atoms with E-state index < -0.39 is 23.7 Å². The van der Waals surface area contributed by atoms with Gasteiger partial charge in [-0.3, -0.25) is 4.79 Å². The third-order valence-electron chi connectivity index (χ3n) is 1.02. The second-order valence-corrected chi connectivity index (χ2v) is 1.96. The predicted octanol–water partition coefficient (Wildman–Crippen LogP) is 0.653. The van der Waals surface area contributed by atoms with Crippen LogP contribution in [0.15, 0.2) is 11.8 Å². The summed E-state index contributed by atoms with van der Waals surface area (Å²) in [4.78, 5) is 20.3. The minimum absolute atomic E-state index is 0.803. The second kappa shape index (κ2) is 3.92. The molecule has 0 radical (unpaired) electrons. The van der Waals surface area contributed by atoms with Crippen molar-refractivity contribution in [2.45, 2.75) is 13.1 Å². The molecular weight excluding hydrogens is 191 g/mol. The van der Waals surface area contributed by atoms with Crippen LogP contribution in [-0.2, 0) is 9.59 Å². The molecule has 0 unspecified atom stereocenters. The number of carboxylic acid groups (broad SMARTS) is 1. The lowest BCUT2D eigenvalue weighted by molar-refractivity contribution is -0.173. The van der Waals surface area contributed by atoms with E-state index in [1.54, 1.807) is 0 Å². The van der Waals surface area contributed by atoms with E-state index in [2.05, 4.69) is 0 Å². The van der Waals surface area contributed by atoms with E-state index in [1.165, 1.54) is 12.2 Å². The number of alkyl halides is 3. The van der Waals surface area contributed by atoms with Crippen LogP contribution in [0.4, 0.5) is 13.2 Å². The molecule has 0 aromatic heterocycles. The Hall–Kier alpha value is -1.53. The summed E-state index contributed by atoms with van der Waals surface area (Å²) in [5.74, 6) is -3.93. The lowest BCUT2D eigenvalue weighted by atomic mass is 10.4. The molecule has 0 saturated heterocycles. The van der Waals surface area contributed by atoms with Crippen molar-refractivity contribution in [2.75, 3.05) is 0 Å². The summed E-state index contributed by atoms with van der Waals surface area (Å²) in [5, 5.41) is 9.44. The molecule has 1 amide bonds. The fourth-order valence-corrected chi connectivity index (χ4v) is 0.442. The number of carbonyl (C=O) groups excluding carboxylic acids is 1. The van der Waals surface area contributed by atoms with Crippen molar-refractivity contribution < 1.29 is 27.9 Å². The van der Waals surface area contributed by atoms with Crippen molar-refractivity contribution in [1.29, 1.82) is 0 Å². The standard InChI is InChI=1S/C6H6F3NO3/c1-2-3(4(11)12)10-5(13)6(7,8)9/h2H,1H3,(H,10,13)(H,11,12)/b3-2+. The average molecular weight is 197 g/mol. The Kier molecular flexibility index (Phi) is 3.46. The number of nitrogens with one attached hydrogen (secondary N) is 1. The molecule has 0 aliphatic heterocycles. The highest BCUT2D eigenvalue weighted by Gasteiger charge is 2.39. The van der Waals surface area contributed by atoms with E-state index in [9.17, 15) is 22.8 Å². The molecule has 0 rings (SSSR count). The maximum absolute atomic E-state index is 11.6. The summed E-state index contributed by atoms with van der Waals surface area (Å²) >= 11 is 0. The summed E-state index contributed by atoms with van der Waals surface area (Å²) in [7, 11) is 0. The average Bonchev–Trinajstić information content (AvgIpc) is 1.96. The molecule has 0 aromatic carbocycles. The molecule has 2 N–H and O–H groups in total. The van der Waals surface area contributed by atoms with Crippen LogP contribution in [0.2, 0.25) is 0 Å². The molecule has 0 bridgehead atoms. The Bertz CT molecular complexity index is 256. The monoisotopic (exact) mass is 197 g/mol. The van der Waals surface area contributed by atoms with Crippen molar-refractivity contribution in [3.8, 4) is 0 Å². The summed E-state index contributed by atoms with van der Waals surface area (Å²) < 4.78 is 34.7. The SMILES string of the molecule is C/C=C(/NC(=O)C(F)(F)F)C(=O)O. The number of rotatable bonds is 2. The van der Waals surface area contributed by atoms with Gasteiger partial charge in [-0.25, -0.2) is 4.79 Å². The van der Waals surface area contributed by atoms with Gasteiger partial charge in [0.25, 0.3) is 0 Å². The molecule has 0 aliphatic rings. The molecule has 0 aromatic rings.